The van der Waals surface area contributed by atoms with E-state index in [1.54, 1.807) is 43.3 Å². The van der Waals surface area contributed by atoms with Gasteiger partial charge >= 0.3 is 5.97 Å². The summed E-state index contributed by atoms with van der Waals surface area (Å²) >= 11 is 1.46. The van der Waals surface area contributed by atoms with E-state index in [0.29, 0.717) is 34.3 Å². The first kappa shape index (κ1) is 24.3. The quantitative estimate of drug-likeness (QED) is 0.179. The van der Waals surface area contributed by atoms with Gasteiger partial charge in [0.15, 0.2) is 11.5 Å². The fourth-order valence-corrected chi connectivity index (χ4v) is 4.18. The molecule has 35 heavy (non-hydrogen) atoms. The lowest BCUT2D eigenvalue weighted by atomic mass is 10.1. The third-order valence-electron chi connectivity index (χ3n) is 5.35. The van der Waals surface area contributed by atoms with Gasteiger partial charge in [-0.25, -0.2) is 4.68 Å². The third kappa shape index (κ3) is 5.63. The minimum atomic E-state index is -0.219. The minimum Gasteiger partial charge on any atom is -0.497 e. The highest BCUT2D eigenvalue weighted by Gasteiger charge is 2.32. The zero-order valence-electron chi connectivity index (χ0n) is 19.9. The fourth-order valence-electron chi connectivity index (χ4n) is 3.35. The van der Waals surface area contributed by atoms with Crippen LogP contribution in [0.1, 0.15) is 18.4 Å². The molecule has 0 atom stereocenters. The number of rotatable bonds is 10. The number of ether oxygens (including phenoxy) is 4. The van der Waals surface area contributed by atoms with Crippen LogP contribution in [0.4, 0.5) is 0 Å². The fraction of sp³-hybridized carbons (Fsp3) is 0.269. The number of hydrogen-bond donors (Lipinski definition) is 0. The Balaban J connectivity index is 1.72. The second-order valence-corrected chi connectivity index (χ2v) is 8.60. The molecule has 1 aliphatic rings. The highest BCUT2D eigenvalue weighted by Crippen LogP contribution is 2.35. The van der Waals surface area contributed by atoms with Crippen LogP contribution in [0.2, 0.25) is 0 Å². The SMILES string of the molecule is C=CCN=c1scc(-c2cc(OC)ccc2OC)n1N=Cc1ccc(OC(=O)C2CC2)c(OC)c1. The van der Waals surface area contributed by atoms with Crippen LogP contribution in [-0.2, 0) is 4.79 Å². The number of aromatic nitrogens is 1. The number of benzene rings is 2. The Morgan fingerprint density at radius 2 is 1.86 bits per heavy atom. The molecule has 1 aliphatic carbocycles. The molecule has 2 aromatic carbocycles. The Labute approximate surface area is 207 Å². The van der Waals surface area contributed by atoms with Gasteiger partial charge in [-0.2, -0.15) is 5.10 Å². The molecule has 3 aromatic rings. The van der Waals surface area contributed by atoms with Crippen molar-refractivity contribution in [1.29, 1.82) is 0 Å². The molecule has 182 valence electrons. The summed E-state index contributed by atoms with van der Waals surface area (Å²) in [5, 5.41) is 6.68. The molecule has 4 rings (SSSR count). The molecule has 1 fully saturated rings. The highest BCUT2D eigenvalue weighted by molar-refractivity contribution is 7.07. The van der Waals surface area contributed by atoms with Crippen molar-refractivity contribution in [3.8, 4) is 34.3 Å². The molecule has 0 spiro atoms. The van der Waals surface area contributed by atoms with E-state index >= 15 is 0 Å². The Hall–Kier alpha value is -3.85. The lowest BCUT2D eigenvalue weighted by Gasteiger charge is -2.11. The Kier molecular flexibility index (Phi) is 7.67. The van der Waals surface area contributed by atoms with Crippen molar-refractivity contribution in [2.45, 2.75) is 12.8 Å². The normalized spacial score (nSPS) is 13.6. The number of hydrogen-bond acceptors (Lipinski definition) is 8. The van der Waals surface area contributed by atoms with E-state index < -0.39 is 0 Å². The number of esters is 1. The van der Waals surface area contributed by atoms with Crippen molar-refractivity contribution < 1.29 is 23.7 Å². The van der Waals surface area contributed by atoms with Crippen molar-refractivity contribution >= 4 is 23.5 Å². The highest BCUT2D eigenvalue weighted by atomic mass is 32.1. The van der Waals surface area contributed by atoms with Crippen LogP contribution >= 0.6 is 11.3 Å². The van der Waals surface area contributed by atoms with Crippen LogP contribution in [0, 0.1) is 5.92 Å². The molecule has 0 N–H and O–H groups in total. The van der Waals surface area contributed by atoms with E-state index in [1.807, 2.05) is 29.6 Å². The number of carbonyl (C=O) groups excluding carboxylic acids is 1. The van der Waals surface area contributed by atoms with E-state index in [4.69, 9.17) is 24.0 Å². The largest absolute Gasteiger partial charge is 0.497 e. The Morgan fingerprint density at radius 3 is 2.54 bits per heavy atom. The molecule has 9 heteroatoms. The summed E-state index contributed by atoms with van der Waals surface area (Å²) < 4.78 is 23.7. The molecule has 0 amide bonds. The summed E-state index contributed by atoms with van der Waals surface area (Å²) in [7, 11) is 4.78. The first-order chi connectivity index (χ1) is 17.1. The number of methoxy groups -OCH3 is 3. The smallest absolute Gasteiger partial charge is 0.314 e. The van der Waals surface area contributed by atoms with Gasteiger partial charge in [-0.1, -0.05) is 6.08 Å². The van der Waals surface area contributed by atoms with Crippen molar-refractivity contribution in [3.05, 3.63) is 64.8 Å². The topological polar surface area (TPSA) is 83.6 Å². The molecule has 0 unspecified atom stereocenters. The van der Waals surface area contributed by atoms with Gasteiger partial charge in [0.25, 0.3) is 0 Å². The maximum atomic E-state index is 12.1. The average Bonchev–Trinajstić information content (AvgIpc) is 3.67. The van der Waals surface area contributed by atoms with Gasteiger partial charge in [0, 0.05) is 10.9 Å². The summed E-state index contributed by atoms with van der Waals surface area (Å²) in [6.07, 6.45) is 5.18. The van der Waals surface area contributed by atoms with Crippen molar-refractivity contribution in [1.82, 2.24) is 4.68 Å². The van der Waals surface area contributed by atoms with Crippen LogP contribution in [0.5, 0.6) is 23.0 Å². The summed E-state index contributed by atoms with van der Waals surface area (Å²) in [5.74, 6) is 2.03. The van der Waals surface area contributed by atoms with Crippen LogP contribution in [0.25, 0.3) is 11.3 Å². The monoisotopic (exact) mass is 493 g/mol. The molecule has 1 saturated carbocycles. The average molecular weight is 494 g/mol. The molecule has 1 heterocycles. The van der Waals surface area contributed by atoms with Gasteiger partial charge in [0.1, 0.15) is 11.5 Å². The molecule has 0 aliphatic heterocycles. The number of carbonyl (C=O) groups is 1. The Bertz CT molecular complexity index is 1320. The van der Waals surface area contributed by atoms with Crippen LogP contribution in [0.3, 0.4) is 0 Å². The molecule has 0 radical (unpaired) electrons. The predicted octanol–water partition coefficient (Wildman–Crippen LogP) is 4.53. The molecular formula is C26H27N3O5S. The lowest BCUT2D eigenvalue weighted by molar-refractivity contribution is -0.135. The standard InChI is InChI=1S/C26H27N3O5S/c1-5-12-27-26-29(21(16-35-26)20-14-19(31-2)9-11-22(20)32-3)28-15-17-6-10-23(24(13-17)33-4)34-25(30)18-7-8-18/h5-6,9-11,13-16,18H,1,7-8,12H2,2-4H3. The summed E-state index contributed by atoms with van der Waals surface area (Å²) in [4.78, 5) is 17.3. The second-order valence-electron chi connectivity index (χ2n) is 7.76. The van der Waals surface area contributed by atoms with Crippen LogP contribution in [0.15, 0.2) is 64.5 Å². The van der Waals surface area contributed by atoms with Crippen LogP contribution in [-0.4, -0.2) is 44.7 Å². The first-order valence-electron chi connectivity index (χ1n) is 11.1. The maximum absolute atomic E-state index is 12.1. The lowest BCUT2D eigenvalue weighted by Crippen LogP contribution is -2.13. The summed E-state index contributed by atoms with van der Waals surface area (Å²) in [6.45, 7) is 4.21. The number of nitrogens with zero attached hydrogens (tertiary/aromatic N) is 3. The van der Waals surface area contributed by atoms with E-state index in [9.17, 15) is 4.79 Å². The minimum absolute atomic E-state index is 0.000644. The summed E-state index contributed by atoms with van der Waals surface area (Å²) in [5.41, 5.74) is 2.39. The van der Waals surface area contributed by atoms with Gasteiger partial charge in [-0.3, -0.25) is 9.79 Å². The van der Waals surface area contributed by atoms with Gasteiger partial charge in [0.05, 0.1) is 45.7 Å². The molecule has 1 aromatic heterocycles. The third-order valence-corrected chi connectivity index (χ3v) is 6.21. The molecule has 0 saturated heterocycles. The number of thiazole rings is 1. The second kappa shape index (κ2) is 11.1. The van der Waals surface area contributed by atoms with Crippen LogP contribution < -0.4 is 23.7 Å². The molecule has 0 bridgehead atoms. The van der Waals surface area contributed by atoms with Gasteiger partial charge < -0.3 is 18.9 Å². The van der Waals surface area contributed by atoms with E-state index in [-0.39, 0.29) is 11.9 Å². The zero-order chi connectivity index (χ0) is 24.8. The summed E-state index contributed by atoms with van der Waals surface area (Å²) in [6, 6.07) is 10.9. The van der Waals surface area contributed by atoms with E-state index in [1.165, 1.54) is 18.4 Å². The molecular weight excluding hydrogens is 466 g/mol. The van der Waals surface area contributed by atoms with E-state index in [2.05, 4.69) is 11.6 Å². The Morgan fingerprint density at radius 1 is 1.09 bits per heavy atom. The van der Waals surface area contributed by atoms with E-state index in [0.717, 1.165) is 29.7 Å². The van der Waals surface area contributed by atoms with Gasteiger partial charge in [-0.05, 0) is 54.8 Å². The van der Waals surface area contributed by atoms with Gasteiger partial charge in [0.2, 0.25) is 4.80 Å². The molecule has 8 nitrogen and oxygen atoms in total. The van der Waals surface area contributed by atoms with Crippen molar-refractivity contribution in [2.75, 3.05) is 27.9 Å². The van der Waals surface area contributed by atoms with Crippen molar-refractivity contribution in [3.63, 3.8) is 0 Å². The predicted molar refractivity (Wildman–Crippen MR) is 136 cm³/mol. The van der Waals surface area contributed by atoms with Gasteiger partial charge in [-0.15, -0.1) is 17.9 Å². The van der Waals surface area contributed by atoms with Crippen molar-refractivity contribution in [2.24, 2.45) is 16.0 Å². The first-order valence-corrected chi connectivity index (χ1v) is 11.9. The zero-order valence-corrected chi connectivity index (χ0v) is 20.7. The maximum Gasteiger partial charge on any atom is 0.314 e.